The predicted octanol–water partition coefficient (Wildman–Crippen LogP) is 4.43. The van der Waals surface area contributed by atoms with E-state index in [1.807, 2.05) is 18.2 Å². The van der Waals surface area contributed by atoms with Crippen molar-refractivity contribution in [3.05, 3.63) is 75.9 Å². The lowest BCUT2D eigenvalue weighted by Gasteiger charge is -2.38. The quantitative estimate of drug-likeness (QED) is 0.516. The van der Waals surface area contributed by atoms with Crippen molar-refractivity contribution in [1.29, 1.82) is 0 Å². The number of rotatable bonds is 3. The Morgan fingerprint density at radius 2 is 2.08 bits per heavy atom. The third-order valence-electron chi connectivity index (χ3n) is 5.02. The number of ether oxygens (including phenoxy) is 1. The van der Waals surface area contributed by atoms with E-state index in [0.29, 0.717) is 11.8 Å². The van der Waals surface area contributed by atoms with E-state index < -0.39 is 0 Å². The number of nitro benzene ring substituents is 1. The third-order valence-corrected chi connectivity index (χ3v) is 5.02. The van der Waals surface area contributed by atoms with Gasteiger partial charge in [0.2, 0.25) is 0 Å². The lowest BCUT2D eigenvalue weighted by molar-refractivity contribution is -0.384. The first-order chi connectivity index (χ1) is 11.7. The summed E-state index contributed by atoms with van der Waals surface area (Å²) in [7, 11) is 1.66. The van der Waals surface area contributed by atoms with Crippen molar-refractivity contribution in [3.63, 3.8) is 0 Å². The molecule has 0 aromatic heterocycles. The van der Waals surface area contributed by atoms with E-state index in [4.69, 9.17) is 4.74 Å². The molecule has 3 atom stereocenters. The second-order valence-corrected chi connectivity index (χ2v) is 6.25. The van der Waals surface area contributed by atoms with Crippen molar-refractivity contribution < 1.29 is 9.66 Å². The van der Waals surface area contributed by atoms with Crippen LogP contribution in [0.25, 0.3) is 0 Å². The molecular weight excluding hydrogens is 304 g/mol. The lowest BCUT2D eigenvalue weighted by atomic mass is 9.77. The van der Waals surface area contributed by atoms with Crippen LogP contribution in [-0.2, 0) is 0 Å². The van der Waals surface area contributed by atoms with E-state index in [2.05, 4.69) is 23.5 Å². The van der Waals surface area contributed by atoms with E-state index in [9.17, 15) is 10.1 Å². The molecule has 0 amide bonds. The summed E-state index contributed by atoms with van der Waals surface area (Å²) < 4.78 is 5.51. The summed E-state index contributed by atoms with van der Waals surface area (Å²) in [6.45, 7) is 0. The van der Waals surface area contributed by atoms with Gasteiger partial charge in [0.1, 0.15) is 5.75 Å². The second-order valence-electron chi connectivity index (χ2n) is 6.25. The Balaban J connectivity index is 1.80. The minimum Gasteiger partial charge on any atom is -0.495 e. The Bertz CT molecular complexity index is 831. The summed E-state index contributed by atoms with van der Waals surface area (Å²) in [5, 5.41) is 14.7. The molecule has 1 aliphatic carbocycles. The van der Waals surface area contributed by atoms with Crippen LogP contribution in [0.2, 0.25) is 0 Å². The van der Waals surface area contributed by atoms with Crippen molar-refractivity contribution in [2.45, 2.75) is 18.4 Å². The maximum atomic E-state index is 11.1. The summed E-state index contributed by atoms with van der Waals surface area (Å²) >= 11 is 0. The van der Waals surface area contributed by atoms with Gasteiger partial charge in [0.05, 0.1) is 23.8 Å². The fraction of sp³-hybridized carbons (Fsp3) is 0.263. The Morgan fingerprint density at radius 1 is 1.25 bits per heavy atom. The van der Waals surface area contributed by atoms with Crippen LogP contribution < -0.4 is 10.1 Å². The first-order valence-corrected chi connectivity index (χ1v) is 8.03. The summed E-state index contributed by atoms with van der Waals surface area (Å²) in [4.78, 5) is 10.8. The molecule has 1 N–H and O–H groups in total. The third kappa shape index (κ3) is 2.24. The van der Waals surface area contributed by atoms with Crippen LogP contribution in [0, 0.1) is 16.0 Å². The Labute approximate surface area is 140 Å². The molecule has 0 fully saturated rings. The zero-order chi connectivity index (χ0) is 16.7. The molecule has 2 aromatic rings. The maximum Gasteiger partial charge on any atom is 0.269 e. The van der Waals surface area contributed by atoms with E-state index in [1.54, 1.807) is 19.2 Å². The molecule has 2 aliphatic rings. The second kappa shape index (κ2) is 5.67. The molecule has 3 unspecified atom stereocenters. The van der Waals surface area contributed by atoms with Crippen molar-refractivity contribution in [1.82, 2.24) is 0 Å². The molecular formula is C19H18N2O3. The minimum atomic E-state index is -0.342. The fourth-order valence-corrected chi connectivity index (χ4v) is 3.92. The van der Waals surface area contributed by atoms with Gasteiger partial charge in [-0.25, -0.2) is 0 Å². The molecule has 5 heteroatoms. The van der Waals surface area contributed by atoms with Gasteiger partial charge >= 0.3 is 0 Å². The van der Waals surface area contributed by atoms with Crippen LogP contribution in [-0.4, -0.2) is 12.0 Å². The number of benzene rings is 2. The highest BCUT2D eigenvalue weighted by molar-refractivity contribution is 5.67. The highest BCUT2D eigenvalue weighted by atomic mass is 16.6. The minimum absolute atomic E-state index is 0.0219. The summed E-state index contributed by atoms with van der Waals surface area (Å²) in [5.74, 6) is 1.47. The number of allylic oxidation sites excluding steroid dienone is 2. The topological polar surface area (TPSA) is 64.4 Å². The number of fused-ring (bicyclic) bond motifs is 3. The van der Waals surface area contributed by atoms with Gasteiger partial charge in [-0.05, 0) is 29.5 Å². The maximum absolute atomic E-state index is 11.1. The summed E-state index contributed by atoms with van der Waals surface area (Å²) in [6, 6.07) is 13.0. The van der Waals surface area contributed by atoms with E-state index in [-0.39, 0.29) is 16.7 Å². The molecule has 4 rings (SSSR count). The standard InChI is InChI=1S/C19H18N2O3/c1-24-17-10-4-9-16-14-7-3-8-15(14)18(20-19(16)17)12-5-2-6-13(11-12)21(22)23/h2-7,9-11,14-15,18,20H,8H2,1H3. The average molecular weight is 322 g/mol. The van der Waals surface area contributed by atoms with Gasteiger partial charge in [0.15, 0.2) is 0 Å². The number of nitrogens with one attached hydrogen (secondary N) is 1. The van der Waals surface area contributed by atoms with E-state index >= 15 is 0 Å². The molecule has 0 bridgehead atoms. The normalized spacial score (nSPS) is 24.0. The van der Waals surface area contributed by atoms with Crippen molar-refractivity contribution in [3.8, 4) is 5.75 Å². The van der Waals surface area contributed by atoms with Crippen molar-refractivity contribution in [2.24, 2.45) is 5.92 Å². The van der Waals surface area contributed by atoms with Crippen molar-refractivity contribution >= 4 is 11.4 Å². The number of methoxy groups -OCH3 is 1. The fourth-order valence-electron chi connectivity index (χ4n) is 3.92. The van der Waals surface area contributed by atoms with Gasteiger partial charge in [-0.1, -0.05) is 36.4 Å². The van der Waals surface area contributed by atoms with Gasteiger partial charge < -0.3 is 10.1 Å². The molecule has 5 nitrogen and oxygen atoms in total. The molecule has 1 aliphatic heterocycles. The number of nitrogens with zero attached hydrogens (tertiary/aromatic N) is 1. The Kier molecular flexibility index (Phi) is 3.49. The molecule has 0 saturated carbocycles. The number of para-hydroxylation sites is 1. The molecule has 0 saturated heterocycles. The van der Waals surface area contributed by atoms with Crippen LogP contribution in [0.4, 0.5) is 11.4 Å². The molecule has 2 aromatic carbocycles. The molecule has 1 heterocycles. The number of non-ortho nitro benzene ring substituents is 1. The number of anilines is 1. The summed E-state index contributed by atoms with van der Waals surface area (Å²) in [5.41, 5.74) is 3.29. The zero-order valence-corrected chi connectivity index (χ0v) is 13.3. The summed E-state index contributed by atoms with van der Waals surface area (Å²) in [6.07, 6.45) is 5.41. The van der Waals surface area contributed by atoms with E-state index in [0.717, 1.165) is 23.4 Å². The van der Waals surface area contributed by atoms with Crippen LogP contribution in [0.5, 0.6) is 5.75 Å². The highest BCUT2D eigenvalue weighted by Gasteiger charge is 2.39. The number of hydrogen-bond donors (Lipinski definition) is 1. The first kappa shape index (κ1) is 14.8. The van der Waals surface area contributed by atoms with Gasteiger partial charge in [0.25, 0.3) is 5.69 Å². The lowest BCUT2D eigenvalue weighted by Crippen LogP contribution is -2.29. The SMILES string of the molecule is COc1cccc2c1NC(c1cccc([N+](=O)[O-])c1)C1CC=CC21. The Hall–Kier alpha value is -2.82. The predicted molar refractivity (Wildman–Crippen MR) is 92.4 cm³/mol. The number of nitro groups is 1. The molecule has 0 spiro atoms. The average Bonchev–Trinajstić information content (AvgIpc) is 3.10. The molecule has 24 heavy (non-hydrogen) atoms. The van der Waals surface area contributed by atoms with E-state index in [1.165, 1.54) is 11.6 Å². The van der Waals surface area contributed by atoms with Gasteiger partial charge in [-0.2, -0.15) is 0 Å². The monoisotopic (exact) mass is 322 g/mol. The Morgan fingerprint density at radius 3 is 2.88 bits per heavy atom. The van der Waals surface area contributed by atoms with Crippen LogP contribution in [0.1, 0.15) is 29.5 Å². The van der Waals surface area contributed by atoms with Crippen LogP contribution >= 0.6 is 0 Å². The van der Waals surface area contributed by atoms with Crippen LogP contribution in [0.15, 0.2) is 54.6 Å². The molecule has 0 radical (unpaired) electrons. The number of hydrogen-bond acceptors (Lipinski definition) is 4. The zero-order valence-electron chi connectivity index (χ0n) is 13.3. The largest absolute Gasteiger partial charge is 0.495 e. The van der Waals surface area contributed by atoms with Gasteiger partial charge in [-0.15, -0.1) is 0 Å². The molecule has 122 valence electrons. The van der Waals surface area contributed by atoms with Crippen molar-refractivity contribution in [2.75, 3.05) is 12.4 Å². The smallest absolute Gasteiger partial charge is 0.269 e. The highest BCUT2D eigenvalue weighted by Crippen LogP contribution is 2.52. The van der Waals surface area contributed by atoms with Gasteiger partial charge in [0, 0.05) is 18.1 Å². The van der Waals surface area contributed by atoms with Crippen LogP contribution in [0.3, 0.4) is 0 Å². The first-order valence-electron chi connectivity index (χ1n) is 8.03. The van der Waals surface area contributed by atoms with Gasteiger partial charge in [-0.3, -0.25) is 10.1 Å².